The number of carbonyl (C=O) groups excluding carboxylic acids is 1. The van der Waals surface area contributed by atoms with Crippen molar-refractivity contribution >= 4 is 23.6 Å². The minimum atomic E-state index is -0.0505. The molecule has 6 heteroatoms. The lowest BCUT2D eigenvalue weighted by Gasteiger charge is -2.26. The molecule has 0 aliphatic carbocycles. The lowest BCUT2D eigenvalue weighted by molar-refractivity contribution is 0.103. The van der Waals surface area contributed by atoms with Gasteiger partial charge >= 0.3 is 0 Å². The summed E-state index contributed by atoms with van der Waals surface area (Å²) < 4.78 is 7.09. The first-order valence-corrected chi connectivity index (χ1v) is 9.50. The van der Waals surface area contributed by atoms with Crippen molar-refractivity contribution in [2.75, 3.05) is 31.7 Å². The molecule has 1 fully saturated rings. The first kappa shape index (κ1) is 17.8. The fourth-order valence-corrected chi connectivity index (χ4v) is 3.88. The highest BCUT2D eigenvalue weighted by atomic mass is 32.2. The van der Waals surface area contributed by atoms with Gasteiger partial charge in [-0.25, -0.2) is 0 Å². The summed E-state index contributed by atoms with van der Waals surface area (Å²) in [6, 6.07) is 7.78. The van der Waals surface area contributed by atoms with Gasteiger partial charge in [-0.05, 0) is 29.8 Å². The molecule has 1 aliphatic heterocycles. The molecule has 0 unspecified atom stereocenters. The predicted octanol–water partition coefficient (Wildman–Crippen LogP) is 2.87. The molecule has 0 amide bonds. The van der Waals surface area contributed by atoms with Crippen molar-refractivity contribution in [3.05, 3.63) is 53.4 Å². The largest absolute Gasteiger partial charge is 0.496 e. The third kappa shape index (κ3) is 4.52. The van der Waals surface area contributed by atoms with E-state index in [-0.39, 0.29) is 5.78 Å². The number of allylic oxidation sites excluding steroid dienone is 1. The fraction of sp³-hybridized carbons (Fsp3) is 0.368. The van der Waals surface area contributed by atoms with Crippen LogP contribution in [0.4, 0.5) is 0 Å². The quantitative estimate of drug-likeness (QED) is 0.588. The molecular formula is C19H23N3O2S. The Kier molecular flexibility index (Phi) is 5.94. The maximum Gasteiger partial charge on any atom is 0.203 e. The van der Waals surface area contributed by atoms with Gasteiger partial charge in [0.05, 0.1) is 7.11 Å². The van der Waals surface area contributed by atoms with Gasteiger partial charge in [-0.15, -0.1) is 0 Å². The predicted molar refractivity (Wildman–Crippen MR) is 102 cm³/mol. The highest BCUT2D eigenvalue weighted by Gasteiger charge is 2.13. The number of thioether (sulfide) groups is 1. The minimum absolute atomic E-state index is 0.0505. The summed E-state index contributed by atoms with van der Waals surface area (Å²) in [5, 5.41) is 4.03. The maximum atomic E-state index is 12.2. The normalized spacial score (nSPS) is 15.6. The molecule has 1 aromatic heterocycles. The van der Waals surface area contributed by atoms with Gasteiger partial charge in [0.15, 0.2) is 0 Å². The van der Waals surface area contributed by atoms with Crippen molar-refractivity contribution < 1.29 is 9.53 Å². The Labute approximate surface area is 152 Å². The first-order chi connectivity index (χ1) is 12.2. The topological polar surface area (TPSA) is 47.4 Å². The van der Waals surface area contributed by atoms with Gasteiger partial charge in [-0.3, -0.25) is 14.4 Å². The third-order valence-electron chi connectivity index (χ3n) is 4.30. The zero-order valence-corrected chi connectivity index (χ0v) is 15.5. The number of hydrogen-bond acceptors (Lipinski definition) is 5. The second-order valence-corrected chi connectivity index (χ2v) is 7.22. The molecule has 1 saturated heterocycles. The summed E-state index contributed by atoms with van der Waals surface area (Å²) >= 11 is 2.00. The van der Waals surface area contributed by atoms with Crippen LogP contribution in [0.1, 0.15) is 21.6 Å². The van der Waals surface area contributed by atoms with E-state index < -0.39 is 0 Å². The van der Waals surface area contributed by atoms with Crippen LogP contribution >= 0.6 is 11.8 Å². The number of aryl methyl sites for hydroxylation is 1. The molecule has 5 nitrogen and oxygen atoms in total. The Morgan fingerprint density at radius 3 is 2.80 bits per heavy atom. The van der Waals surface area contributed by atoms with Crippen LogP contribution in [0.15, 0.2) is 36.5 Å². The van der Waals surface area contributed by atoms with Gasteiger partial charge in [0.2, 0.25) is 5.78 Å². The van der Waals surface area contributed by atoms with Crippen molar-refractivity contribution in [1.29, 1.82) is 0 Å². The van der Waals surface area contributed by atoms with Crippen LogP contribution < -0.4 is 4.74 Å². The standard InChI is InChI=1S/C19H23N3O2S/c1-21-17(7-8-20-21)18(23)5-3-15-4-6-19(24-2)16(13-15)14-22-9-11-25-12-10-22/h3-8,13H,9-12,14H2,1-2H3/b5-3+. The van der Waals surface area contributed by atoms with Crippen molar-refractivity contribution in [2.24, 2.45) is 7.05 Å². The number of ether oxygens (including phenoxy) is 1. The number of hydrogen-bond donors (Lipinski definition) is 0. The smallest absolute Gasteiger partial charge is 0.203 e. The maximum absolute atomic E-state index is 12.2. The van der Waals surface area contributed by atoms with Crippen molar-refractivity contribution in [3.8, 4) is 5.75 Å². The van der Waals surface area contributed by atoms with E-state index in [1.165, 1.54) is 11.5 Å². The molecule has 25 heavy (non-hydrogen) atoms. The Bertz CT molecular complexity index is 764. The number of benzene rings is 1. The van der Waals surface area contributed by atoms with Crippen molar-refractivity contribution in [1.82, 2.24) is 14.7 Å². The molecule has 1 aliphatic rings. The van der Waals surface area contributed by atoms with Crippen LogP contribution in [0, 0.1) is 0 Å². The Morgan fingerprint density at radius 2 is 2.12 bits per heavy atom. The van der Waals surface area contributed by atoms with E-state index in [9.17, 15) is 4.79 Å². The van der Waals surface area contributed by atoms with Crippen LogP contribution in [-0.4, -0.2) is 52.2 Å². The zero-order chi connectivity index (χ0) is 17.6. The molecule has 0 spiro atoms. The summed E-state index contributed by atoms with van der Waals surface area (Å²) in [7, 11) is 3.47. The molecule has 0 bridgehead atoms. The number of rotatable bonds is 6. The van der Waals surface area contributed by atoms with Gasteiger partial charge in [-0.1, -0.05) is 12.1 Å². The van der Waals surface area contributed by atoms with Crippen LogP contribution in [0.3, 0.4) is 0 Å². The number of carbonyl (C=O) groups is 1. The summed E-state index contributed by atoms with van der Waals surface area (Å²) in [6.45, 7) is 3.08. The lowest BCUT2D eigenvalue weighted by atomic mass is 10.1. The van der Waals surface area contributed by atoms with Gasteiger partial charge in [0.1, 0.15) is 11.4 Å². The average Bonchev–Trinajstić information content (AvgIpc) is 3.07. The number of ketones is 1. The van der Waals surface area contributed by atoms with Gasteiger partial charge in [-0.2, -0.15) is 16.9 Å². The second kappa shape index (κ2) is 8.36. The molecule has 0 saturated carbocycles. The molecule has 0 N–H and O–H groups in total. The van der Waals surface area contributed by atoms with E-state index in [0.717, 1.165) is 36.5 Å². The Hall–Kier alpha value is -2.05. The number of methoxy groups -OCH3 is 1. The van der Waals surface area contributed by atoms with E-state index in [4.69, 9.17) is 4.74 Å². The van der Waals surface area contributed by atoms with E-state index in [1.807, 2.05) is 30.0 Å². The average molecular weight is 357 g/mol. The van der Waals surface area contributed by atoms with Crippen LogP contribution in [0.25, 0.3) is 6.08 Å². The molecular weight excluding hydrogens is 334 g/mol. The fourth-order valence-electron chi connectivity index (χ4n) is 2.90. The molecule has 132 valence electrons. The summed E-state index contributed by atoms with van der Waals surface area (Å²) in [6.07, 6.45) is 5.08. The van der Waals surface area contributed by atoms with Gasteiger partial charge in [0.25, 0.3) is 0 Å². The highest BCUT2D eigenvalue weighted by molar-refractivity contribution is 7.99. The van der Waals surface area contributed by atoms with Crippen LogP contribution in [-0.2, 0) is 13.6 Å². The summed E-state index contributed by atoms with van der Waals surface area (Å²) in [5.74, 6) is 3.21. The summed E-state index contributed by atoms with van der Waals surface area (Å²) in [5.41, 5.74) is 2.73. The Morgan fingerprint density at radius 1 is 1.32 bits per heavy atom. The lowest BCUT2D eigenvalue weighted by Crippen LogP contribution is -2.32. The van der Waals surface area contributed by atoms with Crippen molar-refractivity contribution in [2.45, 2.75) is 6.54 Å². The van der Waals surface area contributed by atoms with Gasteiger partial charge < -0.3 is 4.74 Å². The zero-order valence-electron chi connectivity index (χ0n) is 14.6. The van der Waals surface area contributed by atoms with Crippen molar-refractivity contribution in [3.63, 3.8) is 0 Å². The molecule has 2 aromatic rings. The molecule has 3 rings (SSSR count). The number of aromatic nitrogens is 2. The van der Waals surface area contributed by atoms with E-state index in [0.29, 0.717) is 5.69 Å². The van der Waals surface area contributed by atoms with E-state index in [2.05, 4.69) is 16.1 Å². The molecule has 0 atom stereocenters. The van der Waals surface area contributed by atoms with Crippen LogP contribution in [0.2, 0.25) is 0 Å². The number of nitrogens with zero attached hydrogens (tertiary/aromatic N) is 3. The first-order valence-electron chi connectivity index (χ1n) is 8.35. The molecule has 1 aromatic carbocycles. The SMILES string of the molecule is COc1ccc(/C=C/C(=O)c2ccnn2C)cc1CN1CCSCC1. The summed E-state index contributed by atoms with van der Waals surface area (Å²) in [4.78, 5) is 14.7. The Balaban J connectivity index is 1.75. The second-order valence-electron chi connectivity index (χ2n) is 6.00. The van der Waals surface area contributed by atoms with Gasteiger partial charge in [0, 0.05) is 49.9 Å². The highest BCUT2D eigenvalue weighted by Crippen LogP contribution is 2.24. The van der Waals surface area contributed by atoms with E-state index >= 15 is 0 Å². The minimum Gasteiger partial charge on any atom is -0.496 e. The monoisotopic (exact) mass is 357 g/mol. The van der Waals surface area contributed by atoms with E-state index in [1.54, 1.807) is 37.2 Å². The molecule has 2 heterocycles. The third-order valence-corrected chi connectivity index (χ3v) is 5.25. The van der Waals surface area contributed by atoms with Crippen LogP contribution in [0.5, 0.6) is 5.75 Å². The molecule has 0 radical (unpaired) electrons.